The SMILES string of the molecule is CCC(Cc1ccc(OC)c(NCNCc2ccc(C(F)(F)F)cc2)c1)C(=O)O. The van der Waals surface area contributed by atoms with Crippen LogP contribution in [-0.2, 0) is 23.9 Å². The Hall–Kier alpha value is -2.74. The number of methoxy groups -OCH3 is 1. The number of halogens is 3. The summed E-state index contributed by atoms with van der Waals surface area (Å²) in [5, 5.41) is 15.5. The first-order chi connectivity index (χ1) is 13.7. The topological polar surface area (TPSA) is 70.6 Å². The van der Waals surface area contributed by atoms with Crippen molar-refractivity contribution in [1.29, 1.82) is 0 Å². The monoisotopic (exact) mass is 410 g/mol. The van der Waals surface area contributed by atoms with Gasteiger partial charge in [-0.05, 0) is 48.2 Å². The molecule has 0 bridgehead atoms. The van der Waals surface area contributed by atoms with E-state index in [1.54, 1.807) is 13.2 Å². The number of ether oxygens (including phenoxy) is 1. The molecule has 0 aliphatic heterocycles. The zero-order chi connectivity index (χ0) is 21.4. The molecule has 2 aromatic carbocycles. The summed E-state index contributed by atoms with van der Waals surface area (Å²) in [4.78, 5) is 11.3. The van der Waals surface area contributed by atoms with Gasteiger partial charge in [0.25, 0.3) is 0 Å². The van der Waals surface area contributed by atoms with Crippen LogP contribution in [0.15, 0.2) is 42.5 Å². The predicted molar refractivity (Wildman–Crippen MR) is 105 cm³/mol. The summed E-state index contributed by atoms with van der Waals surface area (Å²) in [6.45, 7) is 2.59. The van der Waals surface area contributed by atoms with Crippen molar-refractivity contribution in [2.45, 2.75) is 32.5 Å². The minimum absolute atomic E-state index is 0.358. The van der Waals surface area contributed by atoms with E-state index in [4.69, 9.17) is 4.74 Å². The number of carboxylic acids is 1. The van der Waals surface area contributed by atoms with Gasteiger partial charge in [-0.2, -0.15) is 13.2 Å². The van der Waals surface area contributed by atoms with Crippen molar-refractivity contribution in [3.8, 4) is 5.75 Å². The molecule has 0 saturated carbocycles. The van der Waals surface area contributed by atoms with Gasteiger partial charge in [0.2, 0.25) is 0 Å². The van der Waals surface area contributed by atoms with E-state index in [9.17, 15) is 23.1 Å². The summed E-state index contributed by atoms with van der Waals surface area (Å²) in [7, 11) is 1.54. The molecule has 3 N–H and O–H groups in total. The first-order valence-electron chi connectivity index (χ1n) is 9.25. The second kappa shape index (κ2) is 10.2. The third-order valence-electron chi connectivity index (χ3n) is 4.60. The lowest BCUT2D eigenvalue weighted by atomic mass is 9.96. The fourth-order valence-electron chi connectivity index (χ4n) is 2.89. The Morgan fingerprint density at radius 2 is 1.79 bits per heavy atom. The van der Waals surface area contributed by atoms with Gasteiger partial charge in [-0.1, -0.05) is 25.1 Å². The van der Waals surface area contributed by atoms with Gasteiger partial charge in [0.15, 0.2) is 0 Å². The van der Waals surface area contributed by atoms with Crippen LogP contribution in [0.5, 0.6) is 5.75 Å². The van der Waals surface area contributed by atoms with Gasteiger partial charge in [0.1, 0.15) is 5.75 Å². The van der Waals surface area contributed by atoms with Gasteiger partial charge in [-0.25, -0.2) is 0 Å². The molecule has 0 spiro atoms. The lowest BCUT2D eigenvalue weighted by Crippen LogP contribution is -2.22. The zero-order valence-electron chi connectivity index (χ0n) is 16.3. The highest BCUT2D eigenvalue weighted by Crippen LogP contribution is 2.29. The number of rotatable bonds is 10. The van der Waals surface area contributed by atoms with E-state index in [1.807, 2.05) is 19.1 Å². The summed E-state index contributed by atoms with van der Waals surface area (Å²) in [5.41, 5.74) is 1.65. The van der Waals surface area contributed by atoms with Crippen molar-refractivity contribution in [1.82, 2.24) is 5.32 Å². The number of hydrogen-bond acceptors (Lipinski definition) is 4. The Balaban J connectivity index is 1.93. The molecule has 158 valence electrons. The Labute approximate surface area is 167 Å². The number of hydrogen-bond donors (Lipinski definition) is 3. The van der Waals surface area contributed by atoms with Gasteiger partial charge in [-0.15, -0.1) is 0 Å². The maximum Gasteiger partial charge on any atom is 0.416 e. The first-order valence-corrected chi connectivity index (χ1v) is 9.25. The Morgan fingerprint density at radius 3 is 2.34 bits per heavy atom. The maximum absolute atomic E-state index is 12.6. The summed E-state index contributed by atoms with van der Waals surface area (Å²) >= 11 is 0. The van der Waals surface area contributed by atoms with Crippen molar-refractivity contribution in [3.63, 3.8) is 0 Å². The Kier molecular flexibility index (Phi) is 7.90. The average molecular weight is 410 g/mol. The van der Waals surface area contributed by atoms with Crippen LogP contribution in [0, 0.1) is 5.92 Å². The summed E-state index contributed by atoms with van der Waals surface area (Å²) in [5.74, 6) is -0.654. The normalized spacial score (nSPS) is 12.4. The molecule has 0 radical (unpaired) electrons. The van der Waals surface area contributed by atoms with Gasteiger partial charge in [0, 0.05) is 6.54 Å². The molecule has 0 heterocycles. The number of anilines is 1. The summed E-state index contributed by atoms with van der Waals surface area (Å²) in [6.07, 6.45) is -3.38. The standard InChI is InChI=1S/C21H25F3N2O3/c1-3-16(20(27)28)10-15-6-9-19(29-2)18(11-15)26-13-25-12-14-4-7-17(8-5-14)21(22,23)24/h4-9,11,16,25-26H,3,10,12-13H2,1-2H3,(H,27,28). The van der Waals surface area contributed by atoms with E-state index in [0.717, 1.165) is 23.3 Å². The highest BCUT2D eigenvalue weighted by molar-refractivity contribution is 5.70. The van der Waals surface area contributed by atoms with E-state index >= 15 is 0 Å². The van der Waals surface area contributed by atoms with Crippen LogP contribution in [0.3, 0.4) is 0 Å². The molecule has 0 saturated heterocycles. The molecule has 1 unspecified atom stereocenters. The Morgan fingerprint density at radius 1 is 1.14 bits per heavy atom. The molecule has 5 nitrogen and oxygen atoms in total. The smallest absolute Gasteiger partial charge is 0.416 e. The largest absolute Gasteiger partial charge is 0.495 e. The molecule has 2 rings (SSSR count). The van der Waals surface area contributed by atoms with Crippen molar-refractivity contribution in [2.24, 2.45) is 5.92 Å². The fourth-order valence-corrected chi connectivity index (χ4v) is 2.89. The number of nitrogens with one attached hydrogen (secondary N) is 2. The van der Waals surface area contributed by atoms with Crippen molar-refractivity contribution >= 4 is 11.7 Å². The summed E-state index contributed by atoms with van der Waals surface area (Å²) in [6, 6.07) is 10.5. The number of benzene rings is 2. The van der Waals surface area contributed by atoms with E-state index in [-0.39, 0.29) is 0 Å². The fraction of sp³-hybridized carbons (Fsp3) is 0.381. The zero-order valence-corrected chi connectivity index (χ0v) is 16.3. The molecule has 0 aromatic heterocycles. The molecule has 0 fully saturated rings. The minimum atomic E-state index is -4.34. The van der Waals surface area contributed by atoms with Crippen LogP contribution in [0.4, 0.5) is 18.9 Å². The third kappa shape index (κ3) is 6.67. The maximum atomic E-state index is 12.6. The molecule has 2 aromatic rings. The van der Waals surface area contributed by atoms with E-state index in [0.29, 0.717) is 37.5 Å². The number of aliphatic carboxylic acids is 1. The first kappa shape index (κ1) is 22.5. The Bertz CT molecular complexity index is 808. The quantitative estimate of drug-likeness (QED) is 0.397. The molecular weight excluding hydrogens is 385 g/mol. The number of alkyl halides is 3. The third-order valence-corrected chi connectivity index (χ3v) is 4.60. The molecular formula is C21H25F3N2O3. The second-order valence-corrected chi connectivity index (χ2v) is 6.66. The second-order valence-electron chi connectivity index (χ2n) is 6.66. The molecule has 0 aliphatic rings. The summed E-state index contributed by atoms with van der Waals surface area (Å²) < 4.78 is 43.1. The van der Waals surface area contributed by atoms with Gasteiger partial charge in [0.05, 0.1) is 30.9 Å². The van der Waals surface area contributed by atoms with Crippen molar-refractivity contribution < 1.29 is 27.8 Å². The minimum Gasteiger partial charge on any atom is -0.495 e. The lowest BCUT2D eigenvalue weighted by molar-refractivity contribution is -0.141. The van der Waals surface area contributed by atoms with Gasteiger partial charge < -0.3 is 15.2 Å². The van der Waals surface area contributed by atoms with Crippen LogP contribution in [0.2, 0.25) is 0 Å². The molecule has 1 atom stereocenters. The van der Waals surface area contributed by atoms with Crippen LogP contribution in [0.25, 0.3) is 0 Å². The predicted octanol–water partition coefficient (Wildman–Crippen LogP) is 4.53. The average Bonchev–Trinajstić information content (AvgIpc) is 2.69. The highest BCUT2D eigenvalue weighted by Gasteiger charge is 2.29. The lowest BCUT2D eigenvalue weighted by Gasteiger charge is -2.15. The van der Waals surface area contributed by atoms with Crippen LogP contribution < -0.4 is 15.4 Å². The number of carboxylic acid groups (broad SMARTS) is 1. The highest BCUT2D eigenvalue weighted by atomic mass is 19.4. The van der Waals surface area contributed by atoms with Crippen LogP contribution >= 0.6 is 0 Å². The van der Waals surface area contributed by atoms with E-state index in [1.165, 1.54) is 12.1 Å². The number of carbonyl (C=O) groups is 1. The van der Waals surface area contributed by atoms with Gasteiger partial charge >= 0.3 is 12.1 Å². The molecule has 8 heteroatoms. The van der Waals surface area contributed by atoms with Crippen molar-refractivity contribution in [2.75, 3.05) is 19.1 Å². The molecule has 0 aliphatic carbocycles. The van der Waals surface area contributed by atoms with E-state index in [2.05, 4.69) is 10.6 Å². The van der Waals surface area contributed by atoms with E-state index < -0.39 is 23.6 Å². The van der Waals surface area contributed by atoms with Crippen molar-refractivity contribution in [3.05, 3.63) is 59.2 Å². The van der Waals surface area contributed by atoms with Crippen LogP contribution in [-0.4, -0.2) is 24.9 Å². The molecule has 29 heavy (non-hydrogen) atoms. The van der Waals surface area contributed by atoms with Crippen LogP contribution in [0.1, 0.15) is 30.0 Å². The molecule has 0 amide bonds. The van der Waals surface area contributed by atoms with Gasteiger partial charge in [-0.3, -0.25) is 10.1 Å².